The molecule has 33 heavy (non-hydrogen) atoms. The molecular weight excluding hydrogens is 428 g/mol. The Morgan fingerprint density at radius 2 is 1.64 bits per heavy atom. The summed E-state index contributed by atoms with van der Waals surface area (Å²) < 4.78 is 40.0. The number of hydrogen-bond acceptors (Lipinski definition) is 5. The molecule has 178 valence electrons. The fourth-order valence-corrected chi connectivity index (χ4v) is 3.35. The van der Waals surface area contributed by atoms with Crippen LogP contribution in [0, 0.1) is 24.5 Å². The molecule has 3 rings (SSSR count). The lowest BCUT2D eigenvalue weighted by Gasteiger charge is -2.26. The van der Waals surface area contributed by atoms with Crippen LogP contribution in [-0.4, -0.2) is 52.7 Å². The second kappa shape index (κ2) is 11.4. The number of halogens is 2. The van der Waals surface area contributed by atoms with E-state index in [1.165, 1.54) is 24.3 Å². The van der Waals surface area contributed by atoms with Crippen LogP contribution in [-0.2, 0) is 11.3 Å². The van der Waals surface area contributed by atoms with E-state index >= 15 is 0 Å². The maximum Gasteiger partial charge on any atom is 0.227 e. The summed E-state index contributed by atoms with van der Waals surface area (Å²) in [5, 5.41) is 15.1. The lowest BCUT2D eigenvalue weighted by Crippen LogP contribution is -2.36. The highest BCUT2D eigenvalue weighted by atomic mass is 19.1. The summed E-state index contributed by atoms with van der Waals surface area (Å²) in [5.74, 6) is 0.295. The first-order valence-corrected chi connectivity index (χ1v) is 11.0. The van der Waals surface area contributed by atoms with Crippen LogP contribution in [0.25, 0.3) is 5.69 Å². The van der Waals surface area contributed by atoms with E-state index in [9.17, 15) is 13.9 Å². The molecule has 8 heteroatoms. The molecular formula is C25H31F2N3O3. The first kappa shape index (κ1) is 24.8. The van der Waals surface area contributed by atoms with Crippen molar-refractivity contribution in [2.45, 2.75) is 33.4 Å². The third-order valence-electron chi connectivity index (χ3n) is 5.44. The molecule has 0 saturated carbocycles. The van der Waals surface area contributed by atoms with Gasteiger partial charge in [0.25, 0.3) is 0 Å². The molecule has 0 bridgehead atoms. The number of aryl methyl sites for hydroxylation is 1. The van der Waals surface area contributed by atoms with Crippen LogP contribution in [0.15, 0.2) is 48.5 Å². The second-order valence-corrected chi connectivity index (χ2v) is 8.35. The average molecular weight is 460 g/mol. The SMILES string of the molecule is COCCN(Cc1c(C)nn(-c2ccc(F)cc2)c1Oc1ccc(F)cc1)CC(O)C(C)C. The van der Waals surface area contributed by atoms with Gasteiger partial charge in [0.15, 0.2) is 0 Å². The number of ether oxygens (including phenoxy) is 2. The molecule has 0 saturated heterocycles. The van der Waals surface area contributed by atoms with Gasteiger partial charge >= 0.3 is 0 Å². The zero-order valence-corrected chi connectivity index (χ0v) is 19.5. The Morgan fingerprint density at radius 1 is 1.03 bits per heavy atom. The van der Waals surface area contributed by atoms with Crippen molar-refractivity contribution in [2.24, 2.45) is 5.92 Å². The fourth-order valence-electron chi connectivity index (χ4n) is 3.35. The van der Waals surface area contributed by atoms with Crippen molar-refractivity contribution in [3.05, 3.63) is 71.4 Å². The minimum Gasteiger partial charge on any atom is -0.439 e. The number of benzene rings is 2. The highest BCUT2D eigenvalue weighted by molar-refractivity contribution is 5.43. The normalized spacial score (nSPS) is 12.5. The fraction of sp³-hybridized carbons (Fsp3) is 0.400. The molecule has 0 aliphatic rings. The standard InChI is InChI=1S/C25H31F2N3O3/c1-17(2)24(31)16-29(13-14-32-4)15-23-18(3)28-30(21-9-5-19(26)6-10-21)25(23)33-22-11-7-20(27)8-12-22/h5-12,17,24,31H,13-16H2,1-4H3. The molecule has 0 aliphatic carbocycles. The molecule has 6 nitrogen and oxygen atoms in total. The number of aliphatic hydroxyl groups is 1. The molecule has 3 aromatic rings. The molecule has 1 N–H and O–H groups in total. The van der Waals surface area contributed by atoms with Gasteiger partial charge in [0.05, 0.1) is 29.7 Å². The number of nitrogens with zero attached hydrogens (tertiary/aromatic N) is 3. The summed E-state index contributed by atoms with van der Waals surface area (Å²) in [6, 6.07) is 11.7. The van der Waals surface area contributed by atoms with Crippen molar-refractivity contribution in [3.8, 4) is 17.3 Å². The lowest BCUT2D eigenvalue weighted by molar-refractivity contribution is 0.0588. The van der Waals surface area contributed by atoms with E-state index in [0.717, 1.165) is 11.3 Å². The van der Waals surface area contributed by atoms with Crippen molar-refractivity contribution in [3.63, 3.8) is 0 Å². The largest absolute Gasteiger partial charge is 0.439 e. The van der Waals surface area contributed by atoms with Crippen molar-refractivity contribution in [1.29, 1.82) is 0 Å². The molecule has 0 aliphatic heterocycles. The lowest BCUT2D eigenvalue weighted by atomic mass is 10.1. The van der Waals surface area contributed by atoms with Crippen molar-refractivity contribution < 1.29 is 23.4 Å². The van der Waals surface area contributed by atoms with E-state index in [1.807, 2.05) is 20.8 Å². The van der Waals surface area contributed by atoms with Gasteiger partial charge in [0.1, 0.15) is 17.4 Å². The zero-order chi connectivity index (χ0) is 24.0. The minimum absolute atomic E-state index is 0.105. The first-order valence-electron chi connectivity index (χ1n) is 11.0. The Hall–Kier alpha value is -2.81. The smallest absolute Gasteiger partial charge is 0.227 e. The molecule has 1 heterocycles. The van der Waals surface area contributed by atoms with Gasteiger partial charge in [-0.1, -0.05) is 13.8 Å². The Bertz CT molecular complexity index is 1020. The Balaban J connectivity index is 2.00. The molecule has 0 amide bonds. The zero-order valence-electron chi connectivity index (χ0n) is 19.5. The molecule has 0 fully saturated rings. The number of hydrogen-bond donors (Lipinski definition) is 1. The van der Waals surface area contributed by atoms with Gasteiger partial charge < -0.3 is 14.6 Å². The van der Waals surface area contributed by atoms with Gasteiger partial charge in [0.2, 0.25) is 5.88 Å². The molecule has 0 spiro atoms. The Kier molecular flexibility index (Phi) is 8.55. The van der Waals surface area contributed by atoms with E-state index in [-0.39, 0.29) is 17.6 Å². The summed E-state index contributed by atoms with van der Waals surface area (Å²) >= 11 is 0. The van der Waals surface area contributed by atoms with Crippen LogP contribution in [0.5, 0.6) is 11.6 Å². The highest BCUT2D eigenvalue weighted by Gasteiger charge is 2.23. The van der Waals surface area contributed by atoms with Crippen LogP contribution in [0.3, 0.4) is 0 Å². The predicted octanol–water partition coefficient (Wildman–Crippen LogP) is 4.72. The molecule has 1 unspecified atom stereocenters. The summed E-state index contributed by atoms with van der Waals surface area (Å²) in [7, 11) is 1.64. The van der Waals surface area contributed by atoms with Gasteiger partial charge in [-0.2, -0.15) is 5.10 Å². The van der Waals surface area contributed by atoms with E-state index < -0.39 is 6.10 Å². The van der Waals surface area contributed by atoms with Crippen molar-refractivity contribution in [1.82, 2.24) is 14.7 Å². The monoisotopic (exact) mass is 459 g/mol. The van der Waals surface area contributed by atoms with Crippen LogP contribution < -0.4 is 4.74 Å². The molecule has 2 aromatic carbocycles. The molecule has 0 radical (unpaired) electrons. The first-order chi connectivity index (χ1) is 15.8. The van der Waals surface area contributed by atoms with Gasteiger partial charge in [0, 0.05) is 26.7 Å². The molecule has 1 atom stereocenters. The van der Waals surface area contributed by atoms with Crippen LogP contribution in [0.1, 0.15) is 25.1 Å². The third kappa shape index (κ3) is 6.60. The average Bonchev–Trinajstić information content (AvgIpc) is 3.09. The van der Waals surface area contributed by atoms with E-state index in [2.05, 4.69) is 10.00 Å². The maximum absolute atomic E-state index is 13.5. The van der Waals surface area contributed by atoms with Crippen molar-refractivity contribution >= 4 is 0 Å². The van der Waals surface area contributed by atoms with E-state index in [1.54, 1.807) is 36.1 Å². The van der Waals surface area contributed by atoms with Gasteiger partial charge in [-0.15, -0.1) is 0 Å². The van der Waals surface area contributed by atoms with Crippen LogP contribution >= 0.6 is 0 Å². The van der Waals surface area contributed by atoms with Crippen LogP contribution in [0.4, 0.5) is 8.78 Å². The van der Waals surface area contributed by atoms with Gasteiger partial charge in [-0.25, -0.2) is 13.5 Å². The van der Waals surface area contributed by atoms with Gasteiger partial charge in [-0.3, -0.25) is 4.90 Å². The number of aromatic nitrogens is 2. The van der Waals surface area contributed by atoms with E-state index in [4.69, 9.17) is 9.47 Å². The highest BCUT2D eigenvalue weighted by Crippen LogP contribution is 2.32. The van der Waals surface area contributed by atoms with Crippen molar-refractivity contribution in [2.75, 3.05) is 26.8 Å². The van der Waals surface area contributed by atoms with Gasteiger partial charge in [-0.05, 0) is 61.4 Å². The quantitative estimate of drug-likeness (QED) is 0.450. The summed E-state index contributed by atoms with van der Waals surface area (Å²) in [6.07, 6.45) is -0.504. The topological polar surface area (TPSA) is 59.8 Å². The Labute approximate surface area is 193 Å². The number of aliphatic hydroxyl groups excluding tert-OH is 1. The summed E-state index contributed by atoms with van der Waals surface area (Å²) in [4.78, 5) is 2.09. The maximum atomic E-state index is 13.5. The minimum atomic E-state index is -0.504. The third-order valence-corrected chi connectivity index (χ3v) is 5.44. The Morgan fingerprint density at radius 3 is 2.21 bits per heavy atom. The number of rotatable bonds is 11. The number of methoxy groups -OCH3 is 1. The predicted molar refractivity (Wildman–Crippen MR) is 123 cm³/mol. The summed E-state index contributed by atoms with van der Waals surface area (Å²) in [6.45, 7) is 7.84. The second-order valence-electron chi connectivity index (χ2n) is 8.35. The molecule has 1 aromatic heterocycles. The van der Waals surface area contributed by atoms with E-state index in [0.29, 0.717) is 43.6 Å². The van der Waals surface area contributed by atoms with Crippen LogP contribution in [0.2, 0.25) is 0 Å². The summed E-state index contributed by atoms with van der Waals surface area (Å²) in [5.41, 5.74) is 2.18.